The number of allylic oxidation sites excluding steroid dienone is 12. The minimum Gasteiger partial charge on any atom is -0.457 e. The Bertz CT molecular complexity index is 1590. The molecule has 12 nitrogen and oxygen atoms in total. The lowest BCUT2D eigenvalue weighted by Crippen LogP contribution is -2.60. The van der Waals surface area contributed by atoms with Gasteiger partial charge in [0.2, 0.25) is 0 Å². The van der Waals surface area contributed by atoms with E-state index in [1.807, 2.05) is 0 Å². The van der Waals surface area contributed by atoms with Crippen LogP contribution in [0.5, 0.6) is 0 Å². The molecule has 1 saturated heterocycles. The smallest absolute Gasteiger partial charge is 0.397 e. The molecular weight excluding hydrogens is 981 g/mol. The van der Waals surface area contributed by atoms with E-state index in [4.69, 9.17) is 18.9 Å². The van der Waals surface area contributed by atoms with Gasteiger partial charge in [0.25, 0.3) is 0 Å². The molecule has 0 amide bonds. The zero-order chi connectivity index (χ0) is 55.3. The molecule has 6 unspecified atom stereocenters. The zero-order valence-corrected chi connectivity index (χ0v) is 48.9. The summed E-state index contributed by atoms with van der Waals surface area (Å²) in [6.45, 7) is 3.90. The van der Waals surface area contributed by atoms with Crippen LogP contribution in [-0.4, -0.2) is 97.5 Å². The number of aliphatic hydroxyl groups excluding tert-OH is 3. The minimum atomic E-state index is -5.07. The lowest BCUT2D eigenvalue weighted by Gasteiger charge is -2.41. The Hall–Kier alpha value is -2.46. The number of hydrogen-bond donors (Lipinski definition) is 4. The van der Waals surface area contributed by atoms with Crippen molar-refractivity contribution in [3.63, 3.8) is 0 Å². The van der Waals surface area contributed by atoms with Gasteiger partial charge in [-0.05, 0) is 83.5 Å². The van der Waals surface area contributed by atoms with Gasteiger partial charge < -0.3 is 34.3 Å². The van der Waals surface area contributed by atoms with Gasteiger partial charge in [-0.15, -0.1) is 0 Å². The Morgan fingerprint density at radius 2 is 0.908 bits per heavy atom. The molecule has 0 aromatic carbocycles. The fourth-order valence-electron chi connectivity index (χ4n) is 9.23. The number of aliphatic hydroxyl groups is 3. The van der Waals surface area contributed by atoms with Gasteiger partial charge in [-0.2, -0.15) is 8.42 Å². The molecular formula is C63H112O12S. The van der Waals surface area contributed by atoms with Gasteiger partial charge in [0.05, 0.1) is 19.8 Å². The largest absolute Gasteiger partial charge is 0.457 e. The summed E-state index contributed by atoms with van der Waals surface area (Å²) >= 11 is 0. The van der Waals surface area contributed by atoms with Crippen LogP contribution in [-0.2, 0) is 38.3 Å². The number of carbonyl (C=O) groups excluding carboxylic acids is 1. The molecule has 0 bridgehead atoms. The Balaban J connectivity index is 2.28. The van der Waals surface area contributed by atoms with Gasteiger partial charge in [-0.25, -0.2) is 4.18 Å². The van der Waals surface area contributed by atoms with Gasteiger partial charge in [-0.3, -0.25) is 9.35 Å². The highest BCUT2D eigenvalue weighted by atomic mass is 32.3. The summed E-state index contributed by atoms with van der Waals surface area (Å²) < 4.78 is 59.5. The third-order valence-electron chi connectivity index (χ3n) is 13.8. The lowest BCUT2D eigenvalue weighted by molar-refractivity contribution is -0.301. The Morgan fingerprint density at radius 1 is 0.513 bits per heavy atom. The van der Waals surface area contributed by atoms with Crippen LogP contribution in [0.4, 0.5) is 0 Å². The molecule has 0 aliphatic carbocycles. The highest BCUT2D eigenvalue weighted by Crippen LogP contribution is 2.26. The summed E-state index contributed by atoms with van der Waals surface area (Å²) in [5.74, 6) is -0.409. The molecule has 1 fully saturated rings. The van der Waals surface area contributed by atoms with Gasteiger partial charge >= 0.3 is 16.4 Å². The zero-order valence-electron chi connectivity index (χ0n) is 48.1. The number of rotatable bonds is 54. The van der Waals surface area contributed by atoms with Crippen molar-refractivity contribution in [2.45, 2.75) is 295 Å². The van der Waals surface area contributed by atoms with Crippen molar-refractivity contribution < 1.29 is 56.2 Å². The summed E-state index contributed by atoms with van der Waals surface area (Å²) in [7, 11) is -5.07. The molecule has 0 saturated carbocycles. The highest BCUT2D eigenvalue weighted by molar-refractivity contribution is 7.80. The first-order chi connectivity index (χ1) is 37.1. The predicted octanol–water partition coefficient (Wildman–Crippen LogP) is 15.8. The standard InChI is InChI=1S/C63H112O12S/c1-3-5-7-9-11-13-15-17-19-21-23-25-27-28-29-31-33-35-37-39-41-43-45-47-49-51-53-71-55-57(56-72-63-61(67)62(75-76(68,69)70)60(66)58(54-64)74-63)73-59(65)52-50-48-46-44-42-40-38-36-34-32-30-26-24-22-20-18-16-14-12-10-8-6-4-2/h6,8,12,14,18,20-21,23-24,26,32,34,57-58,60-64,66-67H,3-5,7,9-11,13,15-17,19,22,25,27-31,33,35-56H2,1-2H3,(H,68,69,70)/b8-6-,14-12-,20-18-,23-21-,26-24-,34-32-. The van der Waals surface area contributed by atoms with Crippen molar-refractivity contribution in [2.75, 3.05) is 26.4 Å². The second-order valence-electron chi connectivity index (χ2n) is 20.9. The fourth-order valence-corrected chi connectivity index (χ4v) is 9.73. The first kappa shape index (κ1) is 71.6. The molecule has 1 aliphatic rings. The van der Waals surface area contributed by atoms with Gasteiger partial charge in [0.15, 0.2) is 6.29 Å². The van der Waals surface area contributed by atoms with Crippen molar-refractivity contribution >= 4 is 16.4 Å². The molecule has 4 N–H and O–H groups in total. The van der Waals surface area contributed by atoms with Crippen molar-refractivity contribution in [3.8, 4) is 0 Å². The van der Waals surface area contributed by atoms with Crippen LogP contribution >= 0.6 is 0 Å². The summed E-state index contributed by atoms with van der Waals surface area (Å²) in [6, 6.07) is 0. The summed E-state index contributed by atoms with van der Waals surface area (Å²) in [4.78, 5) is 13.0. The van der Waals surface area contributed by atoms with E-state index in [0.717, 1.165) is 83.5 Å². The lowest BCUT2D eigenvalue weighted by atomic mass is 9.99. The van der Waals surface area contributed by atoms with Crippen molar-refractivity contribution in [1.29, 1.82) is 0 Å². The summed E-state index contributed by atoms with van der Waals surface area (Å²) in [6.07, 6.45) is 62.3. The van der Waals surface area contributed by atoms with Gasteiger partial charge in [0, 0.05) is 13.0 Å². The van der Waals surface area contributed by atoms with Gasteiger partial charge in [-0.1, -0.05) is 241 Å². The van der Waals surface area contributed by atoms with E-state index < -0.39 is 59.8 Å². The second kappa shape index (κ2) is 53.2. The number of unbranched alkanes of at least 4 members (excludes halogenated alkanes) is 29. The molecule has 1 aliphatic heterocycles. The van der Waals surface area contributed by atoms with Crippen molar-refractivity contribution in [3.05, 3.63) is 72.9 Å². The van der Waals surface area contributed by atoms with Crippen LogP contribution in [0.15, 0.2) is 72.9 Å². The summed E-state index contributed by atoms with van der Waals surface area (Å²) in [5, 5.41) is 30.9. The molecule has 442 valence electrons. The van der Waals surface area contributed by atoms with E-state index >= 15 is 0 Å². The molecule has 1 heterocycles. The maximum atomic E-state index is 13.0. The monoisotopic (exact) mass is 1090 g/mol. The maximum absolute atomic E-state index is 13.0. The van der Waals surface area contributed by atoms with E-state index in [0.29, 0.717) is 13.0 Å². The molecule has 6 atom stereocenters. The Labute approximate surface area is 464 Å². The average Bonchev–Trinajstić information content (AvgIpc) is 3.40. The molecule has 1 rings (SSSR count). The van der Waals surface area contributed by atoms with Gasteiger partial charge in [0.1, 0.15) is 30.5 Å². The SMILES string of the molecule is CC/C=C\C/C=C\C/C=C\C/C=C\C/C=C\CCCCCCCCCC(=O)OC(COCCCCCCCCCCCCCCCC/C=C\CCCCCCCCCC)COC1OC(CO)C(O)C(OS(=O)(=O)O)C1O. The van der Waals surface area contributed by atoms with Crippen LogP contribution in [0.2, 0.25) is 0 Å². The third-order valence-corrected chi connectivity index (χ3v) is 14.3. The predicted molar refractivity (Wildman–Crippen MR) is 312 cm³/mol. The van der Waals surface area contributed by atoms with E-state index in [1.54, 1.807) is 0 Å². The number of carbonyl (C=O) groups is 1. The Morgan fingerprint density at radius 3 is 1.34 bits per heavy atom. The second-order valence-corrected chi connectivity index (χ2v) is 22.0. The first-order valence-electron chi connectivity index (χ1n) is 30.7. The van der Waals surface area contributed by atoms with Crippen molar-refractivity contribution in [2.24, 2.45) is 0 Å². The normalized spacial score (nSPS) is 19.1. The quantitative estimate of drug-likeness (QED) is 0.0196. The van der Waals surface area contributed by atoms with E-state index in [2.05, 4.69) is 90.9 Å². The number of hydrogen-bond acceptors (Lipinski definition) is 11. The van der Waals surface area contributed by atoms with E-state index in [-0.39, 0.29) is 19.6 Å². The number of esters is 1. The summed E-state index contributed by atoms with van der Waals surface area (Å²) in [5.41, 5.74) is 0. The van der Waals surface area contributed by atoms with Crippen LogP contribution in [0.3, 0.4) is 0 Å². The van der Waals surface area contributed by atoms with Crippen LogP contribution < -0.4 is 0 Å². The van der Waals surface area contributed by atoms with Crippen molar-refractivity contribution in [1.82, 2.24) is 0 Å². The van der Waals surface area contributed by atoms with Crippen LogP contribution in [0.25, 0.3) is 0 Å². The topological polar surface area (TPSA) is 178 Å². The maximum Gasteiger partial charge on any atom is 0.397 e. The third kappa shape index (κ3) is 45.4. The van der Waals surface area contributed by atoms with E-state index in [1.165, 1.54) is 148 Å². The van der Waals surface area contributed by atoms with Crippen LogP contribution in [0.1, 0.15) is 258 Å². The number of ether oxygens (including phenoxy) is 4. The minimum absolute atomic E-state index is 0.0297. The van der Waals surface area contributed by atoms with E-state index in [9.17, 15) is 33.1 Å². The Kier molecular flexibility index (Phi) is 50.1. The molecule has 0 spiro atoms. The molecule has 0 aromatic rings. The molecule has 0 radical (unpaired) electrons. The van der Waals surface area contributed by atoms with Crippen LogP contribution in [0, 0.1) is 0 Å². The first-order valence-corrected chi connectivity index (χ1v) is 32.1. The highest BCUT2D eigenvalue weighted by Gasteiger charge is 2.48. The molecule has 0 aromatic heterocycles. The average molecular weight is 1090 g/mol. The fraction of sp³-hybridized carbons (Fsp3) is 0.794. The molecule has 76 heavy (non-hydrogen) atoms. The molecule has 13 heteroatoms.